The third-order valence-electron chi connectivity index (χ3n) is 2.84. The molecule has 0 unspecified atom stereocenters. The van der Waals surface area contributed by atoms with E-state index in [9.17, 15) is 0 Å². The van der Waals surface area contributed by atoms with E-state index >= 15 is 0 Å². The molecule has 2 rings (SSSR count). The third kappa shape index (κ3) is 4.03. The highest BCUT2D eigenvalue weighted by Crippen LogP contribution is 2.10. The summed E-state index contributed by atoms with van der Waals surface area (Å²) in [6.07, 6.45) is 3.69. The van der Waals surface area contributed by atoms with Gasteiger partial charge in [0.25, 0.3) is 0 Å². The molecule has 6 heteroatoms. The highest BCUT2D eigenvalue weighted by Gasteiger charge is 2.03. The van der Waals surface area contributed by atoms with E-state index in [1.165, 1.54) is 10.4 Å². The highest BCUT2D eigenvalue weighted by molar-refractivity contribution is 7.11. The first-order chi connectivity index (χ1) is 9.69. The fourth-order valence-electron chi connectivity index (χ4n) is 1.73. The summed E-state index contributed by atoms with van der Waals surface area (Å²) in [7, 11) is 1.76. The van der Waals surface area contributed by atoms with Gasteiger partial charge >= 0.3 is 0 Å². The number of aromatic nitrogens is 2. The molecule has 106 valence electrons. The highest BCUT2D eigenvalue weighted by atomic mass is 32.1. The third-order valence-corrected chi connectivity index (χ3v) is 3.75. The van der Waals surface area contributed by atoms with Gasteiger partial charge in [0, 0.05) is 24.3 Å². The lowest BCUT2D eigenvalue weighted by atomic mass is 10.2. The smallest absolute Gasteiger partial charge is 0.191 e. The fraction of sp³-hybridized carbons (Fsp3) is 0.357. The molecule has 0 spiro atoms. The van der Waals surface area contributed by atoms with Gasteiger partial charge < -0.3 is 10.6 Å². The Balaban J connectivity index is 1.85. The Morgan fingerprint density at radius 2 is 2.05 bits per heavy atom. The Kier molecular flexibility index (Phi) is 5.06. The van der Waals surface area contributed by atoms with Crippen molar-refractivity contribution in [3.63, 3.8) is 0 Å². The number of aliphatic imine (C=N–C) groups is 1. The summed E-state index contributed by atoms with van der Waals surface area (Å²) in [6, 6.07) is 4.00. The van der Waals surface area contributed by atoms with Crippen molar-refractivity contribution in [3.8, 4) is 0 Å². The second kappa shape index (κ2) is 7.00. The molecule has 0 aliphatic rings. The summed E-state index contributed by atoms with van der Waals surface area (Å²) in [4.78, 5) is 14.1. The van der Waals surface area contributed by atoms with Crippen molar-refractivity contribution in [2.24, 2.45) is 4.99 Å². The number of aryl methyl sites for hydroxylation is 2. The standard InChI is InChI=1S/C14H19N5S/c1-10-5-4-6-16-12(10)8-18-14(15-3)19-9-13-17-7-11(2)20-13/h4-7H,8-9H2,1-3H3,(H2,15,18,19). The second-order valence-corrected chi connectivity index (χ2v) is 5.73. The lowest BCUT2D eigenvalue weighted by molar-refractivity contribution is 0.787. The van der Waals surface area contributed by atoms with Crippen LogP contribution in [0.3, 0.4) is 0 Å². The number of rotatable bonds is 4. The van der Waals surface area contributed by atoms with Crippen LogP contribution < -0.4 is 10.6 Å². The van der Waals surface area contributed by atoms with Crippen LogP contribution in [-0.2, 0) is 13.1 Å². The van der Waals surface area contributed by atoms with Gasteiger partial charge in [0.15, 0.2) is 5.96 Å². The van der Waals surface area contributed by atoms with E-state index in [2.05, 4.69) is 45.5 Å². The number of pyridine rings is 1. The Bertz CT molecular complexity index is 591. The van der Waals surface area contributed by atoms with E-state index in [0.29, 0.717) is 13.1 Å². The van der Waals surface area contributed by atoms with Crippen LogP contribution in [-0.4, -0.2) is 23.0 Å². The van der Waals surface area contributed by atoms with Gasteiger partial charge in [0.2, 0.25) is 0 Å². The number of nitrogens with one attached hydrogen (secondary N) is 2. The van der Waals surface area contributed by atoms with E-state index in [4.69, 9.17) is 0 Å². The van der Waals surface area contributed by atoms with E-state index < -0.39 is 0 Å². The van der Waals surface area contributed by atoms with Crippen LogP contribution in [0.1, 0.15) is 21.1 Å². The number of hydrogen-bond donors (Lipinski definition) is 2. The molecule has 5 nitrogen and oxygen atoms in total. The molecule has 2 aromatic heterocycles. The van der Waals surface area contributed by atoms with Crippen LogP contribution in [0.25, 0.3) is 0 Å². The monoisotopic (exact) mass is 289 g/mol. The van der Waals surface area contributed by atoms with Crippen molar-refractivity contribution in [2.75, 3.05) is 7.05 Å². The van der Waals surface area contributed by atoms with E-state index in [1.807, 2.05) is 12.3 Å². The van der Waals surface area contributed by atoms with Gasteiger partial charge in [0.05, 0.1) is 18.8 Å². The molecule has 0 bridgehead atoms. The van der Waals surface area contributed by atoms with Crippen LogP contribution in [0, 0.1) is 13.8 Å². The fourth-order valence-corrected chi connectivity index (χ4v) is 2.46. The lowest BCUT2D eigenvalue weighted by Crippen LogP contribution is -2.36. The maximum atomic E-state index is 4.35. The molecule has 0 fully saturated rings. The Hall–Kier alpha value is -1.95. The summed E-state index contributed by atoms with van der Waals surface area (Å²) in [5, 5.41) is 7.56. The molecule has 0 saturated carbocycles. The van der Waals surface area contributed by atoms with Crippen LogP contribution in [0.5, 0.6) is 0 Å². The molecule has 2 aromatic rings. The maximum Gasteiger partial charge on any atom is 0.191 e. The Morgan fingerprint density at radius 1 is 1.25 bits per heavy atom. The molecular formula is C14H19N5S. The van der Waals surface area contributed by atoms with Crippen LogP contribution in [0.2, 0.25) is 0 Å². The van der Waals surface area contributed by atoms with Gasteiger partial charge in [-0.2, -0.15) is 0 Å². The molecule has 2 heterocycles. The quantitative estimate of drug-likeness (QED) is 0.668. The number of hydrogen-bond acceptors (Lipinski definition) is 4. The van der Waals surface area contributed by atoms with E-state index in [1.54, 1.807) is 24.6 Å². The van der Waals surface area contributed by atoms with Crippen molar-refractivity contribution < 1.29 is 0 Å². The minimum Gasteiger partial charge on any atom is -0.351 e. The van der Waals surface area contributed by atoms with Crippen LogP contribution in [0.15, 0.2) is 29.5 Å². The molecule has 0 aliphatic carbocycles. The normalized spacial score (nSPS) is 11.4. The first-order valence-electron chi connectivity index (χ1n) is 6.45. The second-order valence-electron chi connectivity index (χ2n) is 4.41. The SMILES string of the molecule is CN=C(NCc1ncc(C)s1)NCc1ncccc1C. The minimum absolute atomic E-state index is 0.656. The van der Waals surface area contributed by atoms with Gasteiger partial charge in [-0.25, -0.2) is 4.98 Å². The predicted molar refractivity (Wildman–Crippen MR) is 82.9 cm³/mol. The van der Waals surface area contributed by atoms with Crippen molar-refractivity contribution in [1.82, 2.24) is 20.6 Å². The summed E-state index contributed by atoms with van der Waals surface area (Å²) >= 11 is 1.69. The van der Waals surface area contributed by atoms with Gasteiger partial charge in [-0.3, -0.25) is 9.98 Å². The molecule has 0 aliphatic heterocycles. The summed E-state index contributed by atoms with van der Waals surface area (Å²) < 4.78 is 0. The van der Waals surface area contributed by atoms with Crippen molar-refractivity contribution in [1.29, 1.82) is 0 Å². The zero-order chi connectivity index (χ0) is 14.4. The lowest BCUT2D eigenvalue weighted by Gasteiger charge is -2.11. The zero-order valence-corrected chi connectivity index (χ0v) is 12.8. The molecule has 2 N–H and O–H groups in total. The Morgan fingerprint density at radius 3 is 2.70 bits per heavy atom. The molecular weight excluding hydrogens is 270 g/mol. The molecule has 20 heavy (non-hydrogen) atoms. The summed E-state index contributed by atoms with van der Waals surface area (Å²) in [6.45, 7) is 5.44. The number of thiazole rings is 1. The van der Waals surface area contributed by atoms with Gasteiger partial charge in [-0.05, 0) is 25.5 Å². The summed E-state index contributed by atoms with van der Waals surface area (Å²) in [5.74, 6) is 0.753. The molecule has 0 atom stereocenters. The molecule has 0 aromatic carbocycles. The molecule has 0 amide bonds. The van der Waals surface area contributed by atoms with Crippen molar-refractivity contribution >= 4 is 17.3 Å². The Labute approximate surface area is 123 Å². The molecule has 0 saturated heterocycles. The van der Waals surface area contributed by atoms with Gasteiger partial charge in [-0.15, -0.1) is 11.3 Å². The van der Waals surface area contributed by atoms with E-state index in [-0.39, 0.29) is 0 Å². The molecule has 0 radical (unpaired) electrons. The number of nitrogens with zero attached hydrogens (tertiary/aromatic N) is 3. The maximum absolute atomic E-state index is 4.35. The topological polar surface area (TPSA) is 62.2 Å². The summed E-state index contributed by atoms with van der Waals surface area (Å²) in [5.41, 5.74) is 2.20. The zero-order valence-electron chi connectivity index (χ0n) is 12.0. The van der Waals surface area contributed by atoms with Crippen LogP contribution >= 0.6 is 11.3 Å². The van der Waals surface area contributed by atoms with Gasteiger partial charge in [-0.1, -0.05) is 6.07 Å². The predicted octanol–water partition coefficient (Wildman–Crippen LogP) is 2.02. The largest absolute Gasteiger partial charge is 0.351 e. The first-order valence-corrected chi connectivity index (χ1v) is 7.27. The average molecular weight is 289 g/mol. The average Bonchev–Trinajstić information content (AvgIpc) is 2.86. The first kappa shape index (κ1) is 14.5. The van der Waals surface area contributed by atoms with Crippen molar-refractivity contribution in [3.05, 3.63) is 45.7 Å². The van der Waals surface area contributed by atoms with Crippen molar-refractivity contribution in [2.45, 2.75) is 26.9 Å². The van der Waals surface area contributed by atoms with Gasteiger partial charge in [0.1, 0.15) is 5.01 Å². The number of guanidine groups is 1. The minimum atomic E-state index is 0.656. The van der Waals surface area contributed by atoms with E-state index in [0.717, 1.165) is 16.7 Å². The van der Waals surface area contributed by atoms with Crippen LogP contribution in [0.4, 0.5) is 0 Å².